The fourth-order valence-corrected chi connectivity index (χ4v) is 3.92. The van der Waals surface area contributed by atoms with Crippen molar-refractivity contribution in [2.75, 3.05) is 13.2 Å². The van der Waals surface area contributed by atoms with Gasteiger partial charge in [0, 0.05) is 13.1 Å². The Hall–Kier alpha value is -3.59. The van der Waals surface area contributed by atoms with Crippen LogP contribution < -0.4 is 10.6 Å². The molecule has 0 aliphatic heterocycles. The molecule has 4 N–H and O–H groups in total. The number of aromatic hydroxyl groups is 1. The molecular weight excluding hydrogens is 486 g/mol. The van der Waals surface area contributed by atoms with Gasteiger partial charge in [-0.05, 0) is 50.5 Å². The summed E-state index contributed by atoms with van der Waals surface area (Å²) >= 11 is 0. The molecule has 0 aliphatic carbocycles. The maximum atomic E-state index is 13.8. The molecule has 2 atom stereocenters. The molecule has 0 heterocycles. The molecule has 2 unspecified atom stereocenters. The van der Waals surface area contributed by atoms with Gasteiger partial charge >= 0.3 is 6.09 Å². The Bertz CT molecular complexity index is 1020. The first kappa shape index (κ1) is 30.6. The lowest BCUT2D eigenvalue weighted by atomic mass is 10.0. The van der Waals surface area contributed by atoms with E-state index in [0.717, 1.165) is 24.8 Å². The Kier molecular flexibility index (Phi) is 12.1. The average Bonchev–Trinajstić information content (AvgIpc) is 2.87. The Balaban J connectivity index is 2.39. The predicted octanol–water partition coefficient (Wildman–Crippen LogP) is 4.04. The molecule has 9 nitrogen and oxygen atoms in total. The summed E-state index contributed by atoms with van der Waals surface area (Å²) in [5, 5.41) is 25.2. The van der Waals surface area contributed by atoms with Gasteiger partial charge in [-0.2, -0.15) is 0 Å². The molecule has 0 saturated carbocycles. The molecule has 0 aromatic heterocycles. The summed E-state index contributed by atoms with van der Waals surface area (Å²) in [5.41, 5.74) is 0.593. The molecule has 0 aliphatic rings. The summed E-state index contributed by atoms with van der Waals surface area (Å²) in [4.78, 5) is 41.2. The first-order valence-electron chi connectivity index (χ1n) is 13.1. The van der Waals surface area contributed by atoms with Crippen LogP contribution in [0.25, 0.3) is 0 Å². The van der Waals surface area contributed by atoms with Crippen LogP contribution in [0.4, 0.5) is 4.79 Å². The second-order valence-corrected chi connectivity index (χ2v) is 10.2. The number of nitrogens with one attached hydrogen (secondary N) is 2. The van der Waals surface area contributed by atoms with Gasteiger partial charge in [-0.25, -0.2) is 4.79 Å². The minimum Gasteiger partial charge on any atom is -0.508 e. The largest absolute Gasteiger partial charge is 0.508 e. The van der Waals surface area contributed by atoms with E-state index in [4.69, 9.17) is 4.74 Å². The summed E-state index contributed by atoms with van der Waals surface area (Å²) in [5.74, 6) is -1.00. The third-order valence-electron chi connectivity index (χ3n) is 5.79. The van der Waals surface area contributed by atoms with Crippen LogP contribution in [0, 0.1) is 0 Å². The number of alkyl carbamates (subject to hydrolysis) is 1. The third kappa shape index (κ3) is 10.0. The molecule has 9 heteroatoms. The van der Waals surface area contributed by atoms with E-state index in [-0.39, 0.29) is 18.8 Å². The molecule has 0 radical (unpaired) electrons. The van der Waals surface area contributed by atoms with Crippen molar-refractivity contribution in [1.82, 2.24) is 15.5 Å². The Labute approximate surface area is 225 Å². The molecule has 2 aromatic rings. The number of hydrogen-bond donors (Lipinski definition) is 4. The zero-order valence-corrected chi connectivity index (χ0v) is 22.8. The van der Waals surface area contributed by atoms with Gasteiger partial charge in [0.15, 0.2) is 0 Å². The number of carbonyl (C=O) groups excluding carboxylic acids is 3. The van der Waals surface area contributed by atoms with Crippen LogP contribution >= 0.6 is 0 Å². The van der Waals surface area contributed by atoms with Crippen LogP contribution in [0.3, 0.4) is 0 Å². The lowest BCUT2D eigenvalue weighted by molar-refractivity contribution is -0.143. The number of carbonyl (C=O) groups is 3. The molecule has 2 rings (SSSR count). The van der Waals surface area contributed by atoms with Crippen LogP contribution in [0.2, 0.25) is 0 Å². The van der Waals surface area contributed by atoms with E-state index < -0.39 is 42.2 Å². The number of ether oxygens (including phenoxy) is 1. The molecule has 0 spiro atoms. The molecule has 2 aromatic carbocycles. The average molecular weight is 528 g/mol. The number of hydrogen-bond acceptors (Lipinski definition) is 6. The van der Waals surface area contributed by atoms with E-state index in [0.29, 0.717) is 12.0 Å². The highest BCUT2D eigenvalue weighted by Crippen LogP contribution is 2.25. The maximum Gasteiger partial charge on any atom is 0.408 e. The number of phenolic OH excluding ortho intramolecular Hbond substituents is 1. The summed E-state index contributed by atoms with van der Waals surface area (Å²) in [6.07, 6.45) is 2.59. The van der Waals surface area contributed by atoms with Crippen LogP contribution in [-0.4, -0.2) is 57.8 Å². The second kappa shape index (κ2) is 15.0. The van der Waals surface area contributed by atoms with E-state index in [1.807, 2.05) is 30.3 Å². The van der Waals surface area contributed by atoms with Crippen molar-refractivity contribution in [1.29, 1.82) is 0 Å². The number of aliphatic hydroxyl groups is 1. The lowest BCUT2D eigenvalue weighted by Gasteiger charge is -2.34. The highest BCUT2D eigenvalue weighted by atomic mass is 16.6. The van der Waals surface area contributed by atoms with Gasteiger partial charge in [-0.1, -0.05) is 68.7 Å². The van der Waals surface area contributed by atoms with Crippen molar-refractivity contribution in [3.8, 4) is 5.75 Å². The molecule has 0 bridgehead atoms. The number of phenols is 1. The van der Waals surface area contributed by atoms with Crippen LogP contribution in [0.5, 0.6) is 5.75 Å². The first-order chi connectivity index (χ1) is 18.1. The van der Waals surface area contributed by atoms with Crippen molar-refractivity contribution < 1.29 is 29.3 Å². The van der Waals surface area contributed by atoms with Gasteiger partial charge in [-0.3, -0.25) is 9.59 Å². The fraction of sp³-hybridized carbons (Fsp3) is 0.483. The second-order valence-electron chi connectivity index (χ2n) is 10.2. The Morgan fingerprint density at radius 2 is 1.63 bits per heavy atom. The molecule has 38 heavy (non-hydrogen) atoms. The molecule has 208 valence electrons. The normalized spacial score (nSPS) is 12.8. The van der Waals surface area contributed by atoms with E-state index in [1.54, 1.807) is 32.9 Å². The first-order valence-corrected chi connectivity index (χ1v) is 13.1. The zero-order chi connectivity index (χ0) is 28.1. The van der Waals surface area contributed by atoms with Gasteiger partial charge in [0.1, 0.15) is 23.4 Å². The van der Waals surface area contributed by atoms with Crippen molar-refractivity contribution in [3.63, 3.8) is 0 Å². The SMILES string of the molecule is CCCCCCN(C(=O)C(CO)NC(=O)OC(C)(C)C)C(C(=O)NCc1ccccc1)c1ccc(O)cc1. The van der Waals surface area contributed by atoms with Crippen molar-refractivity contribution in [2.24, 2.45) is 0 Å². The molecule has 3 amide bonds. The summed E-state index contributed by atoms with van der Waals surface area (Å²) in [6, 6.07) is 13.1. The predicted molar refractivity (Wildman–Crippen MR) is 145 cm³/mol. The van der Waals surface area contributed by atoms with Gasteiger partial charge in [0.2, 0.25) is 11.8 Å². The quantitative estimate of drug-likeness (QED) is 0.291. The number of benzene rings is 2. The van der Waals surface area contributed by atoms with E-state index in [9.17, 15) is 24.6 Å². The van der Waals surface area contributed by atoms with Gasteiger partial charge in [0.05, 0.1) is 6.61 Å². The fourth-order valence-electron chi connectivity index (χ4n) is 3.92. The van der Waals surface area contributed by atoms with E-state index in [1.165, 1.54) is 17.0 Å². The van der Waals surface area contributed by atoms with Crippen molar-refractivity contribution in [3.05, 3.63) is 65.7 Å². The zero-order valence-electron chi connectivity index (χ0n) is 22.8. The van der Waals surface area contributed by atoms with Gasteiger partial charge in [0.25, 0.3) is 0 Å². The Morgan fingerprint density at radius 3 is 2.21 bits per heavy atom. The Morgan fingerprint density at radius 1 is 0.974 bits per heavy atom. The number of aliphatic hydroxyl groups excluding tert-OH is 1. The standard InChI is InChI=1S/C29H41N3O6/c1-5-6-7-11-18-32(27(36)24(20-33)31-28(37)38-29(2,3)4)25(22-14-16-23(34)17-15-22)26(35)30-19-21-12-9-8-10-13-21/h8-10,12-17,24-25,33-34H,5-7,11,18-20H2,1-4H3,(H,30,35)(H,31,37). The number of unbranched alkanes of at least 4 members (excludes halogenated alkanes) is 3. The summed E-state index contributed by atoms with van der Waals surface area (Å²) in [7, 11) is 0. The van der Waals surface area contributed by atoms with E-state index in [2.05, 4.69) is 17.6 Å². The maximum absolute atomic E-state index is 13.8. The van der Waals surface area contributed by atoms with Crippen molar-refractivity contribution >= 4 is 17.9 Å². The number of amides is 3. The lowest BCUT2D eigenvalue weighted by Crippen LogP contribution is -2.54. The summed E-state index contributed by atoms with van der Waals surface area (Å²) in [6.45, 7) is 6.98. The van der Waals surface area contributed by atoms with E-state index >= 15 is 0 Å². The van der Waals surface area contributed by atoms with Gasteiger partial charge in [-0.15, -0.1) is 0 Å². The van der Waals surface area contributed by atoms with Crippen LogP contribution in [-0.2, 0) is 20.9 Å². The van der Waals surface area contributed by atoms with Crippen LogP contribution in [0.1, 0.15) is 70.5 Å². The molecular formula is C29H41N3O6. The highest BCUT2D eigenvalue weighted by Gasteiger charge is 2.35. The number of rotatable bonds is 13. The molecule has 0 saturated heterocycles. The molecule has 0 fully saturated rings. The number of nitrogens with zero attached hydrogens (tertiary/aromatic N) is 1. The third-order valence-corrected chi connectivity index (χ3v) is 5.79. The smallest absolute Gasteiger partial charge is 0.408 e. The van der Waals surface area contributed by atoms with Crippen molar-refractivity contribution in [2.45, 2.75) is 77.6 Å². The monoisotopic (exact) mass is 527 g/mol. The summed E-state index contributed by atoms with van der Waals surface area (Å²) < 4.78 is 5.27. The van der Waals surface area contributed by atoms with Gasteiger partial charge < -0.3 is 30.5 Å². The van der Waals surface area contributed by atoms with Crippen LogP contribution in [0.15, 0.2) is 54.6 Å². The minimum absolute atomic E-state index is 0.0258. The minimum atomic E-state index is -1.31. The topological polar surface area (TPSA) is 128 Å². The highest BCUT2D eigenvalue weighted by molar-refractivity contribution is 5.92.